The highest BCUT2D eigenvalue weighted by Gasteiger charge is 2.29. The zero-order valence-electron chi connectivity index (χ0n) is 12.8. The molecule has 0 N–H and O–H groups in total. The summed E-state index contributed by atoms with van der Waals surface area (Å²) in [6.45, 7) is 7.32. The van der Waals surface area contributed by atoms with Gasteiger partial charge in [-0.15, -0.1) is 0 Å². The van der Waals surface area contributed by atoms with Crippen LogP contribution >= 0.6 is 23.8 Å². The second kappa shape index (κ2) is 8.86. The molecule has 4 nitrogen and oxygen atoms in total. The van der Waals surface area contributed by atoms with Gasteiger partial charge in [-0.1, -0.05) is 40.2 Å². The molecule has 118 valence electrons. The zero-order chi connectivity index (χ0) is 15.9. The van der Waals surface area contributed by atoms with E-state index in [1.54, 1.807) is 33.8 Å². The maximum Gasteiger partial charge on any atom is 0.475 e. The summed E-state index contributed by atoms with van der Waals surface area (Å²) >= 11 is 3.38. The third-order valence-electron chi connectivity index (χ3n) is 2.19. The molecule has 0 spiro atoms. The maximum absolute atomic E-state index is 12.4. The van der Waals surface area contributed by atoms with Crippen molar-refractivity contribution in [3.63, 3.8) is 0 Å². The van der Waals surface area contributed by atoms with E-state index in [0.29, 0.717) is 0 Å². The maximum atomic E-state index is 12.4. The van der Waals surface area contributed by atoms with Crippen LogP contribution in [0.1, 0.15) is 33.3 Å². The normalized spacial score (nSPS) is 12.7. The van der Waals surface area contributed by atoms with Crippen molar-refractivity contribution in [1.29, 1.82) is 0 Å². The minimum atomic E-state index is -3.52. The van der Waals surface area contributed by atoms with Gasteiger partial charge in [-0.25, -0.2) is 4.57 Å². The Labute approximate surface area is 135 Å². The van der Waals surface area contributed by atoms with E-state index in [4.69, 9.17) is 13.6 Å². The summed E-state index contributed by atoms with van der Waals surface area (Å²) in [5, 5.41) is 0. The van der Waals surface area contributed by atoms with Crippen LogP contribution in [0.3, 0.4) is 0 Å². The van der Waals surface area contributed by atoms with Gasteiger partial charge in [0.05, 0.1) is 18.8 Å². The molecule has 0 saturated carbocycles. The number of benzene rings is 1. The number of hydrogen-bond acceptors (Lipinski definition) is 4. The Hall–Kier alpha value is -0.450. The Kier molecular flexibility index (Phi) is 7.85. The van der Waals surface area contributed by atoms with E-state index in [9.17, 15) is 4.57 Å². The Morgan fingerprint density at radius 1 is 1.10 bits per heavy atom. The van der Waals surface area contributed by atoms with E-state index < -0.39 is 7.82 Å². The molecule has 0 atom stereocenters. The fraction of sp³-hybridized carbons (Fsp3) is 0.467. The van der Waals surface area contributed by atoms with E-state index in [0.717, 1.165) is 10.0 Å². The molecule has 0 amide bonds. The van der Waals surface area contributed by atoms with Crippen LogP contribution in [-0.4, -0.2) is 18.8 Å². The summed E-state index contributed by atoms with van der Waals surface area (Å²) in [7, 11) is -3.52. The third-order valence-corrected chi connectivity index (χ3v) is 4.54. The topological polar surface area (TPSA) is 44.8 Å². The summed E-state index contributed by atoms with van der Waals surface area (Å²) in [6.07, 6.45) is 3.21. The predicted molar refractivity (Wildman–Crippen MR) is 89.2 cm³/mol. The molecule has 0 unspecified atom stereocenters. The second-order valence-corrected chi connectivity index (χ2v) is 7.50. The fourth-order valence-corrected chi connectivity index (χ4v) is 3.23. The molecule has 0 radical (unpaired) electrons. The first kappa shape index (κ1) is 18.6. The monoisotopic (exact) mass is 376 g/mol. The molecule has 21 heavy (non-hydrogen) atoms. The molecule has 0 aliphatic heterocycles. The molecule has 0 aliphatic carbocycles. The van der Waals surface area contributed by atoms with E-state index in [2.05, 4.69) is 15.9 Å². The lowest BCUT2D eigenvalue weighted by molar-refractivity contribution is 0.0783. The lowest BCUT2D eigenvalue weighted by atomic mass is 10.2. The largest absolute Gasteiger partial charge is 0.475 e. The van der Waals surface area contributed by atoms with E-state index in [1.807, 2.05) is 30.3 Å². The highest BCUT2D eigenvalue weighted by atomic mass is 79.9. The summed E-state index contributed by atoms with van der Waals surface area (Å²) in [5.74, 6) is 0. The van der Waals surface area contributed by atoms with Crippen molar-refractivity contribution >= 4 is 29.8 Å². The van der Waals surface area contributed by atoms with Crippen molar-refractivity contribution in [2.45, 2.75) is 39.9 Å². The summed E-state index contributed by atoms with van der Waals surface area (Å²) < 4.78 is 29.3. The van der Waals surface area contributed by atoms with Crippen molar-refractivity contribution in [1.82, 2.24) is 0 Å². The van der Waals surface area contributed by atoms with Crippen molar-refractivity contribution in [2.75, 3.05) is 6.61 Å². The van der Waals surface area contributed by atoms with Crippen molar-refractivity contribution in [2.24, 2.45) is 0 Å². The lowest BCUT2D eigenvalue weighted by Crippen LogP contribution is -2.10. The van der Waals surface area contributed by atoms with Gasteiger partial charge in [0.1, 0.15) is 0 Å². The van der Waals surface area contributed by atoms with Crippen LogP contribution < -0.4 is 0 Å². The fourth-order valence-electron chi connectivity index (χ4n) is 1.49. The smallest absolute Gasteiger partial charge is 0.284 e. The average molecular weight is 377 g/mol. The van der Waals surface area contributed by atoms with Gasteiger partial charge < -0.3 is 0 Å². The Morgan fingerprint density at radius 3 is 2.10 bits per heavy atom. The van der Waals surface area contributed by atoms with Crippen molar-refractivity contribution in [3.8, 4) is 0 Å². The zero-order valence-corrected chi connectivity index (χ0v) is 15.3. The molecule has 1 aromatic rings. The molecule has 6 heteroatoms. The van der Waals surface area contributed by atoms with Gasteiger partial charge in [-0.3, -0.25) is 13.6 Å². The second-order valence-electron chi connectivity index (χ2n) is 5.01. The summed E-state index contributed by atoms with van der Waals surface area (Å²) in [4.78, 5) is 0. The standard InChI is InChI=1S/C15H22BrO4P/c1-12(2)19-21(17,20-13(3)4)18-11-5-6-14-7-9-15(16)10-8-14/h5-10,12-13H,11H2,1-4H3/b6-5+. The summed E-state index contributed by atoms with van der Waals surface area (Å²) in [6, 6.07) is 7.84. The molecular weight excluding hydrogens is 355 g/mol. The third kappa shape index (κ3) is 7.93. The number of hydrogen-bond donors (Lipinski definition) is 0. The summed E-state index contributed by atoms with van der Waals surface area (Å²) in [5.41, 5.74) is 1.03. The van der Waals surface area contributed by atoms with Gasteiger partial charge in [0.15, 0.2) is 0 Å². The van der Waals surface area contributed by atoms with Gasteiger partial charge in [-0.2, -0.15) is 0 Å². The molecule has 0 bridgehead atoms. The molecule has 0 aromatic heterocycles. The SMILES string of the molecule is CC(C)OP(=O)(OC/C=C/c1ccc(Br)cc1)OC(C)C. The highest BCUT2D eigenvalue weighted by molar-refractivity contribution is 9.10. The van der Waals surface area contributed by atoms with Crippen LogP contribution in [0.2, 0.25) is 0 Å². The van der Waals surface area contributed by atoms with Crippen LogP contribution in [0.4, 0.5) is 0 Å². The van der Waals surface area contributed by atoms with Gasteiger partial charge in [-0.05, 0) is 45.4 Å². The number of phosphoric ester groups is 1. The van der Waals surface area contributed by atoms with Crippen LogP contribution in [-0.2, 0) is 18.1 Å². The highest BCUT2D eigenvalue weighted by Crippen LogP contribution is 2.51. The predicted octanol–water partition coefficient (Wildman–Crippen LogP) is 5.44. The number of phosphoric acid groups is 1. The van der Waals surface area contributed by atoms with Crippen LogP contribution in [0, 0.1) is 0 Å². The van der Waals surface area contributed by atoms with Gasteiger partial charge in [0, 0.05) is 4.47 Å². The van der Waals surface area contributed by atoms with E-state index in [-0.39, 0.29) is 18.8 Å². The molecule has 0 saturated heterocycles. The minimum absolute atomic E-state index is 0.160. The van der Waals surface area contributed by atoms with Crippen molar-refractivity contribution in [3.05, 3.63) is 40.4 Å². The van der Waals surface area contributed by atoms with Gasteiger partial charge in [0.25, 0.3) is 0 Å². The molecule has 0 aliphatic rings. The van der Waals surface area contributed by atoms with E-state index in [1.165, 1.54) is 0 Å². The molecule has 1 rings (SSSR count). The van der Waals surface area contributed by atoms with Crippen LogP contribution in [0.15, 0.2) is 34.8 Å². The molecule has 1 aromatic carbocycles. The Bertz CT molecular complexity index is 483. The first-order chi connectivity index (χ1) is 9.81. The molecule has 0 fully saturated rings. The average Bonchev–Trinajstić information content (AvgIpc) is 2.34. The Balaban J connectivity index is 2.56. The number of halogens is 1. The first-order valence-electron chi connectivity index (χ1n) is 6.84. The number of rotatable bonds is 8. The van der Waals surface area contributed by atoms with Crippen LogP contribution in [0.25, 0.3) is 6.08 Å². The van der Waals surface area contributed by atoms with E-state index >= 15 is 0 Å². The first-order valence-corrected chi connectivity index (χ1v) is 9.09. The minimum Gasteiger partial charge on any atom is -0.284 e. The molecule has 0 heterocycles. The van der Waals surface area contributed by atoms with Gasteiger partial charge in [0.2, 0.25) is 0 Å². The molecular formula is C15H22BrO4P. The quantitative estimate of drug-likeness (QED) is 0.566. The van der Waals surface area contributed by atoms with Crippen LogP contribution in [0.5, 0.6) is 0 Å². The lowest BCUT2D eigenvalue weighted by Gasteiger charge is -2.21. The van der Waals surface area contributed by atoms with Crippen molar-refractivity contribution < 1.29 is 18.1 Å². The van der Waals surface area contributed by atoms with Gasteiger partial charge >= 0.3 is 7.82 Å². The Morgan fingerprint density at radius 2 is 1.62 bits per heavy atom.